The summed E-state index contributed by atoms with van der Waals surface area (Å²) in [6.45, 7) is 5.64. The van der Waals surface area contributed by atoms with E-state index in [1.165, 1.54) is 11.1 Å². The number of rotatable bonds is 5. The van der Waals surface area contributed by atoms with Crippen LogP contribution in [0.5, 0.6) is 0 Å². The molecule has 2 rings (SSSR count). The van der Waals surface area contributed by atoms with E-state index in [9.17, 15) is 4.79 Å². The van der Waals surface area contributed by atoms with Crippen molar-refractivity contribution in [1.82, 2.24) is 0 Å². The lowest BCUT2D eigenvalue weighted by atomic mass is 9.95. The Labute approximate surface area is 121 Å². The van der Waals surface area contributed by atoms with Crippen molar-refractivity contribution in [2.75, 3.05) is 6.61 Å². The number of ketones is 1. The zero-order valence-corrected chi connectivity index (χ0v) is 12.5. The van der Waals surface area contributed by atoms with E-state index in [-0.39, 0.29) is 5.78 Å². The van der Waals surface area contributed by atoms with Crippen LogP contribution in [0.4, 0.5) is 0 Å². The molecule has 2 atom stereocenters. The maximum atomic E-state index is 11.8. The molecule has 0 radical (unpaired) electrons. The highest BCUT2D eigenvalue weighted by molar-refractivity contribution is 5.90. The van der Waals surface area contributed by atoms with Crippen molar-refractivity contribution in [3.63, 3.8) is 0 Å². The van der Waals surface area contributed by atoms with Crippen LogP contribution >= 0.6 is 0 Å². The molecule has 0 spiro atoms. The van der Waals surface area contributed by atoms with Crippen LogP contribution in [0.2, 0.25) is 0 Å². The van der Waals surface area contributed by atoms with Crippen LogP contribution in [0.1, 0.15) is 38.7 Å². The predicted octanol–water partition coefficient (Wildman–Crippen LogP) is 4.15. The van der Waals surface area contributed by atoms with E-state index in [4.69, 9.17) is 4.74 Å². The minimum atomic E-state index is 0.278. The molecule has 0 aliphatic heterocycles. The Hall–Kier alpha value is -1.41. The lowest BCUT2D eigenvalue weighted by Crippen LogP contribution is -2.09. The molecule has 1 aromatic rings. The number of hydrogen-bond acceptors (Lipinski definition) is 2. The Balaban J connectivity index is 1.82. The van der Waals surface area contributed by atoms with Crippen molar-refractivity contribution in [2.24, 2.45) is 11.8 Å². The SMILES string of the molecule is C[C@@H]1CCC([C@@H](C)COCc2ccccc2)=CC(=O)C1. The maximum Gasteiger partial charge on any atom is 0.155 e. The molecule has 1 aliphatic rings. The molecule has 20 heavy (non-hydrogen) atoms. The molecular formula is C18H24O2. The highest BCUT2D eigenvalue weighted by Crippen LogP contribution is 2.25. The first kappa shape index (κ1) is 15.0. The normalized spacial score (nSPS) is 21.2. The molecule has 1 aliphatic carbocycles. The van der Waals surface area contributed by atoms with Gasteiger partial charge in [-0.1, -0.05) is 49.8 Å². The molecule has 0 saturated heterocycles. The largest absolute Gasteiger partial charge is 0.376 e. The van der Waals surface area contributed by atoms with Crippen molar-refractivity contribution in [3.8, 4) is 0 Å². The van der Waals surface area contributed by atoms with Gasteiger partial charge in [0.25, 0.3) is 0 Å². The first-order chi connectivity index (χ1) is 9.65. The van der Waals surface area contributed by atoms with E-state index in [1.807, 2.05) is 24.3 Å². The summed E-state index contributed by atoms with van der Waals surface area (Å²) < 4.78 is 5.79. The standard InChI is InChI=1S/C18H24O2/c1-14-8-9-17(11-18(19)10-14)15(2)12-20-13-16-6-4-3-5-7-16/h3-7,11,14-15H,8-10,12-13H2,1-2H3/t14-,15+/m1/s1. The quantitative estimate of drug-likeness (QED) is 0.804. The van der Waals surface area contributed by atoms with Crippen molar-refractivity contribution >= 4 is 5.78 Å². The number of ether oxygens (including phenoxy) is 1. The fraction of sp³-hybridized carbons (Fsp3) is 0.500. The van der Waals surface area contributed by atoms with Crippen molar-refractivity contribution < 1.29 is 9.53 Å². The van der Waals surface area contributed by atoms with Gasteiger partial charge in [0.15, 0.2) is 5.78 Å². The van der Waals surface area contributed by atoms with Gasteiger partial charge in [-0.15, -0.1) is 0 Å². The molecule has 2 nitrogen and oxygen atoms in total. The van der Waals surface area contributed by atoms with Gasteiger partial charge in [-0.05, 0) is 30.4 Å². The Morgan fingerprint density at radius 2 is 2.05 bits per heavy atom. The molecule has 0 heterocycles. The molecule has 0 unspecified atom stereocenters. The molecular weight excluding hydrogens is 248 g/mol. The van der Waals surface area contributed by atoms with E-state index in [0.29, 0.717) is 31.5 Å². The van der Waals surface area contributed by atoms with Crippen molar-refractivity contribution in [3.05, 3.63) is 47.5 Å². The molecule has 108 valence electrons. The summed E-state index contributed by atoms with van der Waals surface area (Å²) in [5.74, 6) is 1.11. The number of carbonyl (C=O) groups is 1. The van der Waals surface area contributed by atoms with Gasteiger partial charge >= 0.3 is 0 Å². The summed E-state index contributed by atoms with van der Waals surface area (Å²) in [5.41, 5.74) is 2.45. The van der Waals surface area contributed by atoms with E-state index in [0.717, 1.165) is 12.8 Å². The minimum Gasteiger partial charge on any atom is -0.376 e. The van der Waals surface area contributed by atoms with Crippen LogP contribution in [-0.2, 0) is 16.1 Å². The van der Waals surface area contributed by atoms with Gasteiger partial charge in [-0.25, -0.2) is 0 Å². The van der Waals surface area contributed by atoms with Crippen LogP contribution < -0.4 is 0 Å². The molecule has 0 fully saturated rings. The van der Waals surface area contributed by atoms with Crippen LogP contribution in [0.3, 0.4) is 0 Å². The third-order valence-corrected chi connectivity index (χ3v) is 3.93. The molecule has 0 bridgehead atoms. The highest BCUT2D eigenvalue weighted by Gasteiger charge is 2.18. The second-order valence-corrected chi connectivity index (χ2v) is 5.94. The summed E-state index contributed by atoms with van der Waals surface area (Å²) in [6, 6.07) is 10.2. The Bertz CT molecular complexity index is 462. The third kappa shape index (κ3) is 4.61. The van der Waals surface area contributed by atoms with Gasteiger partial charge in [0, 0.05) is 12.3 Å². The van der Waals surface area contributed by atoms with E-state index in [2.05, 4.69) is 26.0 Å². The Morgan fingerprint density at radius 3 is 2.80 bits per heavy atom. The van der Waals surface area contributed by atoms with Crippen molar-refractivity contribution in [1.29, 1.82) is 0 Å². The lowest BCUT2D eigenvalue weighted by Gasteiger charge is -2.15. The van der Waals surface area contributed by atoms with Gasteiger partial charge < -0.3 is 4.74 Å². The molecule has 0 N–H and O–H groups in total. The molecule has 0 aromatic heterocycles. The predicted molar refractivity (Wildman–Crippen MR) is 81.4 cm³/mol. The second kappa shape index (κ2) is 7.39. The Kier molecular flexibility index (Phi) is 5.54. The first-order valence-corrected chi connectivity index (χ1v) is 7.50. The van der Waals surface area contributed by atoms with Crippen LogP contribution in [-0.4, -0.2) is 12.4 Å². The van der Waals surface area contributed by atoms with Crippen LogP contribution in [0, 0.1) is 11.8 Å². The topological polar surface area (TPSA) is 26.3 Å². The summed E-state index contributed by atoms with van der Waals surface area (Å²) in [7, 11) is 0. The maximum absolute atomic E-state index is 11.8. The summed E-state index contributed by atoms with van der Waals surface area (Å²) in [5, 5.41) is 0. The van der Waals surface area contributed by atoms with E-state index < -0.39 is 0 Å². The average molecular weight is 272 g/mol. The molecule has 0 saturated carbocycles. The Morgan fingerprint density at radius 1 is 1.30 bits per heavy atom. The third-order valence-electron chi connectivity index (χ3n) is 3.93. The second-order valence-electron chi connectivity index (χ2n) is 5.94. The van der Waals surface area contributed by atoms with Gasteiger partial charge in [0.05, 0.1) is 13.2 Å². The number of hydrogen-bond donors (Lipinski definition) is 0. The zero-order valence-electron chi connectivity index (χ0n) is 12.5. The first-order valence-electron chi connectivity index (χ1n) is 7.50. The summed E-state index contributed by atoms with van der Waals surface area (Å²) in [4.78, 5) is 11.8. The fourth-order valence-corrected chi connectivity index (χ4v) is 2.62. The lowest BCUT2D eigenvalue weighted by molar-refractivity contribution is -0.115. The van der Waals surface area contributed by atoms with Gasteiger partial charge in [-0.3, -0.25) is 4.79 Å². The smallest absolute Gasteiger partial charge is 0.155 e. The fourth-order valence-electron chi connectivity index (χ4n) is 2.62. The number of allylic oxidation sites excluding steroid dienone is 1. The zero-order chi connectivity index (χ0) is 14.4. The van der Waals surface area contributed by atoms with Gasteiger partial charge in [0.1, 0.15) is 0 Å². The van der Waals surface area contributed by atoms with Crippen LogP contribution in [0.25, 0.3) is 0 Å². The van der Waals surface area contributed by atoms with E-state index in [1.54, 1.807) is 0 Å². The van der Waals surface area contributed by atoms with Gasteiger partial charge in [0.2, 0.25) is 0 Å². The van der Waals surface area contributed by atoms with E-state index >= 15 is 0 Å². The highest BCUT2D eigenvalue weighted by atomic mass is 16.5. The molecule has 0 amide bonds. The summed E-state index contributed by atoms with van der Waals surface area (Å²) >= 11 is 0. The monoisotopic (exact) mass is 272 g/mol. The van der Waals surface area contributed by atoms with Crippen molar-refractivity contribution in [2.45, 2.75) is 39.7 Å². The minimum absolute atomic E-state index is 0.278. The van der Waals surface area contributed by atoms with Gasteiger partial charge in [-0.2, -0.15) is 0 Å². The number of benzene rings is 1. The summed E-state index contributed by atoms with van der Waals surface area (Å²) in [6.07, 6.45) is 4.70. The van der Waals surface area contributed by atoms with Crippen LogP contribution in [0.15, 0.2) is 42.0 Å². The molecule has 1 aromatic carbocycles. The number of carbonyl (C=O) groups excluding carboxylic acids is 1. The molecule has 2 heteroatoms. The average Bonchev–Trinajstić information content (AvgIpc) is 2.60.